The lowest BCUT2D eigenvalue weighted by molar-refractivity contribution is 0.313. The van der Waals surface area contributed by atoms with E-state index in [9.17, 15) is 0 Å². The fourth-order valence-electron chi connectivity index (χ4n) is 3.50. The van der Waals surface area contributed by atoms with Gasteiger partial charge in [0.1, 0.15) is 11.8 Å². The third-order valence-corrected chi connectivity index (χ3v) is 5.48. The van der Waals surface area contributed by atoms with Gasteiger partial charge in [-0.15, -0.1) is 0 Å². The summed E-state index contributed by atoms with van der Waals surface area (Å²) in [6.07, 6.45) is 3.60. The first-order valence-electron chi connectivity index (χ1n) is 9.18. The van der Waals surface area contributed by atoms with E-state index in [0.29, 0.717) is 11.8 Å². The summed E-state index contributed by atoms with van der Waals surface area (Å²) in [5.74, 6) is 0. The number of rotatable bonds is 3. The summed E-state index contributed by atoms with van der Waals surface area (Å²) in [6.45, 7) is 4.65. The second kappa shape index (κ2) is 7.62. The number of anilines is 3. The summed E-state index contributed by atoms with van der Waals surface area (Å²) in [7, 11) is 2.17. The third kappa shape index (κ3) is 3.80. The molecule has 27 heavy (non-hydrogen) atoms. The minimum Gasteiger partial charge on any atom is -0.399 e. The first-order chi connectivity index (χ1) is 13.1. The number of nitrogens with two attached hydrogens (primary N) is 1. The first-order valence-corrected chi connectivity index (χ1v) is 9.56. The Morgan fingerprint density at radius 2 is 1.63 bits per heavy atom. The summed E-state index contributed by atoms with van der Waals surface area (Å²) < 4.78 is 0. The van der Waals surface area contributed by atoms with Gasteiger partial charge in [-0.05, 0) is 48.5 Å². The number of piperazine rings is 1. The Kier molecular flexibility index (Phi) is 5.05. The lowest BCUT2D eigenvalue weighted by Crippen LogP contribution is -2.45. The van der Waals surface area contributed by atoms with Crippen LogP contribution in [0.3, 0.4) is 0 Å². The second-order valence-electron chi connectivity index (χ2n) is 7.01. The van der Waals surface area contributed by atoms with Crippen molar-refractivity contribution in [2.75, 3.05) is 55.4 Å². The van der Waals surface area contributed by atoms with Crippen LogP contribution in [0, 0.1) is 0 Å². The first kappa shape index (κ1) is 17.9. The number of likely N-dealkylation sites (N-methyl/N-ethyl adjacent to an activating group) is 1. The molecule has 0 aromatic heterocycles. The highest BCUT2D eigenvalue weighted by atomic mass is 35.5. The van der Waals surface area contributed by atoms with E-state index in [2.05, 4.69) is 57.1 Å². The van der Waals surface area contributed by atoms with Crippen LogP contribution in [0.15, 0.2) is 58.7 Å². The molecule has 0 unspecified atom stereocenters. The molecule has 0 bridgehead atoms. The Hall–Kier alpha value is -2.50. The maximum atomic E-state index is 6.52. The number of nitrogens with zero attached hydrogens (tertiary/aromatic N) is 4. The zero-order valence-corrected chi connectivity index (χ0v) is 16.2. The van der Waals surface area contributed by atoms with Gasteiger partial charge in [-0.25, -0.2) is 0 Å². The zero-order valence-electron chi connectivity index (χ0n) is 15.5. The monoisotopic (exact) mass is 381 g/mol. The molecule has 1 fully saturated rings. The van der Waals surface area contributed by atoms with Gasteiger partial charge in [-0.2, -0.15) is 0 Å². The Bertz CT molecular complexity index is 867. The fraction of sp³-hybridized carbons (Fsp3) is 0.286. The van der Waals surface area contributed by atoms with Crippen molar-refractivity contribution in [1.82, 2.24) is 4.90 Å². The Balaban J connectivity index is 1.75. The van der Waals surface area contributed by atoms with Crippen LogP contribution in [0.5, 0.6) is 0 Å². The minimum absolute atomic E-state index is 0.529. The lowest BCUT2D eigenvalue weighted by atomic mass is 10.0. The molecule has 6 heteroatoms. The predicted molar refractivity (Wildman–Crippen MR) is 116 cm³/mol. The predicted octanol–water partition coefficient (Wildman–Crippen LogP) is 3.62. The number of benzene rings is 2. The zero-order chi connectivity index (χ0) is 18.8. The SMILES string of the molecule is CN1CCN(c2ccc(-c3ccc(N)cc3)cc2N2CN=CC=C2Cl)CC1. The van der Waals surface area contributed by atoms with Gasteiger partial charge >= 0.3 is 0 Å². The molecule has 0 saturated carbocycles. The van der Waals surface area contributed by atoms with Gasteiger partial charge in [0.15, 0.2) is 0 Å². The number of hydrogen-bond donors (Lipinski definition) is 1. The van der Waals surface area contributed by atoms with Gasteiger partial charge in [0.05, 0.1) is 11.4 Å². The summed E-state index contributed by atoms with van der Waals surface area (Å²) in [5.41, 5.74) is 11.2. The van der Waals surface area contributed by atoms with Gasteiger partial charge in [0, 0.05) is 38.1 Å². The molecule has 2 heterocycles. The molecule has 0 radical (unpaired) electrons. The van der Waals surface area contributed by atoms with Gasteiger partial charge in [-0.3, -0.25) is 4.99 Å². The smallest absolute Gasteiger partial charge is 0.115 e. The molecule has 140 valence electrons. The van der Waals surface area contributed by atoms with E-state index in [4.69, 9.17) is 17.3 Å². The molecule has 2 aromatic carbocycles. The highest BCUT2D eigenvalue weighted by Crippen LogP contribution is 2.37. The molecule has 2 aliphatic rings. The molecule has 0 spiro atoms. The molecule has 1 saturated heterocycles. The van der Waals surface area contributed by atoms with Crippen LogP contribution in [-0.4, -0.2) is 51.0 Å². The molecular weight excluding hydrogens is 358 g/mol. The van der Waals surface area contributed by atoms with E-state index < -0.39 is 0 Å². The maximum absolute atomic E-state index is 6.52. The normalized spacial score (nSPS) is 17.9. The van der Waals surface area contributed by atoms with Crippen molar-refractivity contribution in [3.63, 3.8) is 0 Å². The summed E-state index contributed by atoms with van der Waals surface area (Å²) in [6, 6.07) is 14.5. The van der Waals surface area contributed by atoms with Crippen LogP contribution >= 0.6 is 11.6 Å². The quantitative estimate of drug-likeness (QED) is 0.651. The van der Waals surface area contributed by atoms with Crippen molar-refractivity contribution in [2.24, 2.45) is 4.99 Å². The average Bonchev–Trinajstić information content (AvgIpc) is 2.69. The molecule has 2 N–H and O–H groups in total. The van der Waals surface area contributed by atoms with E-state index in [1.165, 1.54) is 5.69 Å². The highest BCUT2D eigenvalue weighted by molar-refractivity contribution is 6.32. The van der Waals surface area contributed by atoms with Crippen LogP contribution in [0.25, 0.3) is 11.1 Å². The Morgan fingerprint density at radius 1 is 0.926 bits per heavy atom. The third-order valence-electron chi connectivity index (χ3n) is 5.15. The van der Waals surface area contributed by atoms with Crippen LogP contribution in [0.1, 0.15) is 0 Å². The molecule has 0 atom stereocenters. The molecule has 0 amide bonds. The topological polar surface area (TPSA) is 48.1 Å². The fourth-order valence-corrected chi connectivity index (χ4v) is 3.70. The van der Waals surface area contributed by atoms with E-state index in [1.807, 2.05) is 18.2 Å². The Morgan fingerprint density at radius 3 is 2.33 bits per heavy atom. The van der Waals surface area contributed by atoms with Crippen LogP contribution in [-0.2, 0) is 0 Å². The lowest BCUT2D eigenvalue weighted by Gasteiger charge is -2.37. The maximum Gasteiger partial charge on any atom is 0.115 e. The molecule has 0 aliphatic carbocycles. The second-order valence-corrected chi connectivity index (χ2v) is 7.39. The molecule has 4 rings (SSSR count). The number of aliphatic imine (C=N–C) groups is 1. The largest absolute Gasteiger partial charge is 0.399 e. The highest BCUT2D eigenvalue weighted by Gasteiger charge is 2.22. The standard InChI is InChI=1S/C21H24ClN5/c1-25-10-12-26(13-11-25)19-7-4-17(16-2-5-18(23)6-3-16)14-20(19)27-15-24-9-8-21(27)22/h2-9,14H,10-13,15,23H2,1H3. The van der Waals surface area contributed by atoms with Crippen molar-refractivity contribution in [1.29, 1.82) is 0 Å². The number of halogens is 1. The van der Waals surface area contributed by atoms with Gasteiger partial charge in [0.25, 0.3) is 0 Å². The number of allylic oxidation sites excluding steroid dienone is 1. The molecule has 2 aromatic rings. The van der Waals surface area contributed by atoms with Crippen molar-refractivity contribution < 1.29 is 0 Å². The number of nitrogen functional groups attached to an aromatic ring is 1. The Labute approximate surface area is 165 Å². The summed E-state index contributed by atoms with van der Waals surface area (Å²) in [5, 5.41) is 0.690. The number of hydrogen-bond acceptors (Lipinski definition) is 5. The summed E-state index contributed by atoms with van der Waals surface area (Å²) in [4.78, 5) is 11.3. The van der Waals surface area contributed by atoms with Crippen LogP contribution < -0.4 is 15.5 Å². The van der Waals surface area contributed by atoms with Gasteiger partial charge in [-0.1, -0.05) is 29.8 Å². The average molecular weight is 382 g/mol. The molecular formula is C21H24ClN5. The van der Waals surface area contributed by atoms with Crippen molar-refractivity contribution in [2.45, 2.75) is 0 Å². The van der Waals surface area contributed by atoms with E-state index in [1.54, 1.807) is 6.21 Å². The summed E-state index contributed by atoms with van der Waals surface area (Å²) >= 11 is 6.52. The van der Waals surface area contributed by atoms with E-state index >= 15 is 0 Å². The molecule has 5 nitrogen and oxygen atoms in total. The minimum atomic E-state index is 0.529. The van der Waals surface area contributed by atoms with E-state index in [-0.39, 0.29) is 0 Å². The van der Waals surface area contributed by atoms with Crippen LogP contribution in [0.2, 0.25) is 0 Å². The van der Waals surface area contributed by atoms with Gasteiger partial charge < -0.3 is 20.4 Å². The van der Waals surface area contributed by atoms with Crippen LogP contribution in [0.4, 0.5) is 17.1 Å². The molecule has 2 aliphatic heterocycles. The van der Waals surface area contributed by atoms with Crippen molar-refractivity contribution >= 4 is 34.9 Å². The van der Waals surface area contributed by atoms with Gasteiger partial charge in [0.2, 0.25) is 0 Å². The van der Waals surface area contributed by atoms with Crippen molar-refractivity contribution in [3.05, 3.63) is 53.7 Å². The van der Waals surface area contributed by atoms with E-state index in [0.717, 1.165) is 48.7 Å². The van der Waals surface area contributed by atoms with Crippen molar-refractivity contribution in [3.8, 4) is 11.1 Å².